The minimum Gasteiger partial charge on any atom is -0.317 e. The van der Waals surface area contributed by atoms with Gasteiger partial charge in [0, 0.05) is 37.9 Å². The number of nitrogens with zero attached hydrogens (tertiary/aromatic N) is 2. The lowest BCUT2D eigenvalue weighted by Gasteiger charge is -2.38. The number of rotatable bonds is 6. The summed E-state index contributed by atoms with van der Waals surface area (Å²) < 4.78 is 39.1. The fourth-order valence-corrected chi connectivity index (χ4v) is 4.19. The Hall–Kier alpha value is -2.54. The van der Waals surface area contributed by atoms with Gasteiger partial charge in [0.25, 0.3) is 0 Å². The highest BCUT2D eigenvalue weighted by molar-refractivity contribution is 5.89. The number of amides is 2. The second kappa shape index (κ2) is 9.30. The average Bonchev–Trinajstić information content (AvgIpc) is 3.57. The molecule has 4 nitrogen and oxygen atoms in total. The van der Waals surface area contributed by atoms with Gasteiger partial charge in [-0.25, -0.2) is 4.79 Å². The molecule has 166 valence electrons. The molecule has 2 amide bonds. The van der Waals surface area contributed by atoms with Gasteiger partial charge < -0.3 is 15.1 Å². The minimum atomic E-state index is -4.45. The lowest BCUT2D eigenvalue weighted by molar-refractivity contribution is -0.137. The summed E-state index contributed by atoms with van der Waals surface area (Å²) in [5.74, 6) is 0.834. The Balaban J connectivity index is 1.46. The molecule has 0 bridgehead atoms. The zero-order valence-corrected chi connectivity index (χ0v) is 17.4. The van der Waals surface area contributed by atoms with E-state index in [1.54, 1.807) is 4.90 Å². The van der Waals surface area contributed by atoms with Crippen LogP contribution in [0.4, 0.5) is 23.7 Å². The van der Waals surface area contributed by atoms with Gasteiger partial charge in [0.05, 0.1) is 5.56 Å². The molecule has 0 aromatic heterocycles. The van der Waals surface area contributed by atoms with Crippen LogP contribution in [-0.4, -0.2) is 41.5 Å². The number of hydrogen-bond acceptors (Lipinski definition) is 2. The molecule has 1 saturated heterocycles. The lowest BCUT2D eigenvalue weighted by atomic mass is 10.0. The molecule has 2 aliphatic rings. The third-order valence-electron chi connectivity index (χ3n) is 6.11. The predicted octanol–water partition coefficient (Wildman–Crippen LogP) is 5.61. The number of anilines is 1. The number of nitrogens with one attached hydrogen (secondary N) is 1. The summed E-state index contributed by atoms with van der Waals surface area (Å²) in [7, 11) is 0. The number of alkyl halides is 3. The molecule has 0 unspecified atom stereocenters. The van der Waals surface area contributed by atoms with Gasteiger partial charge in [0.15, 0.2) is 0 Å². The van der Waals surface area contributed by atoms with Crippen molar-refractivity contribution in [1.82, 2.24) is 9.80 Å². The number of carbonyl (C=O) groups excluding carboxylic acids is 1. The number of likely N-dealkylation sites (tertiary alicyclic amines) is 1. The van der Waals surface area contributed by atoms with Gasteiger partial charge in [-0.05, 0) is 55.4 Å². The number of piperidine rings is 1. The average molecular weight is 432 g/mol. The van der Waals surface area contributed by atoms with Crippen LogP contribution in [0.15, 0.2) is 54.6 Å². The van der Waals surface area contributed by atoms with E-state index in [2.05, 4.69) is 10.2 Å². The Kier molecular flexibility index (Phi) is 6.51. The number of urea groups is 1. The number of benzene rings is 2. The van der Waals surface area contributed by atoms with Crippen molar-refractivity contribution in [2.24, 2.45) is 5.92 Å². The van der Waals surface area contributed by atoms with Crippen LogP contribution in [0.2, 0.25) is 0 Å². The maximum atomic E-state index is 13.2. The Morgan fingerprint density at radius 3 is 2.35 bits per heavy atom. The van der Waals surface area contributed by atoms with E-state index in [1.165, 1.54) is 25.0 Å². The first-order valence-corrected chi connectivity index (χ1v) is 10.9. The van der Waals surface area contributed by atoms with Crippen LogP contribution in [0.5, 0.6) is 0 Å². The standard InChI is InChI=1S/C24H28F3N3O/c25-24(26,27)20-7-4-8-21(15-20)28-23(31)30(17-18-5-2-1-3-6-18)22-11-13-29(14-12-22)16-19-9-10-19/h1-8,15,19,22H,9-14,16-17H2,(H,28,31). The summed E-state index contributed by atoms with van der Waals surface area (Å²) >= 11 is 0. The van der Waals surface area contributed by atoms with Crippen LogP contribution in [0.1, 0.15) is 36.8 Å². The Bertz CT molecular complexity index is 875. The zero-order chi connectivity index (χ0) is 21.8. The number of halogens is 3. The SMILES string of the molecule is O=C(Nc1cccc(C(F)(F)F)c1)N(Cc1ccccc1)C1CCN(CC2CC2)CC1. The van der Waals surface area contributed by atoms with Crippen molar-refractivity contribution in [1.29, 1.82) is 0 Å². The molecule has 7 heteroatoms. The fourth-order valence-electron chi connectivity index (χ4n) is 4.19. The van der Waals surface area contributed by atoms with Crippen LogP contribution in [0, 0.1) is 5.92 Å². The lowest BCUT2D eigenvalue weighted by Crippen LogP contribution is -2.48. The fraction of sp³-hybridized carbons (Fsp3) is 0.458. The van der Waals surface area contributed by atoms with E-state index in [-0.39, 0.29) is 17.8 Å². The van der Waals surface area contributed by atoms with E-state index < -0.39 is 11.7 Å². The number of carbonyl (C=O) groups is 1. The Morgan fingerprint density at radius 2 is 1.71 bits per heavy atom. The molecule has 31 heavy (non-hydrogen) atoms. The van der Waals surface area contributed by atoms with E-state index >= 15 is 0 Å². The van der Waals surface area contributed by atoms with Gasteiger partial charge in [-0.3, -0.25) is 0 Å². The van der Waals surface area contributed by atoms with Gasteiger partial charge in [0.2, 0.25) is 0 Å². The summed E-state index contributed by atoms with van der Waals surface area (Å²) in [4.78, 5) is 17.4. The number of hydrogen-bond donors (Lipinski definition) is 1. The van der Waals surface area contributed by atoms with Crippen molar-refractivity contribution in [2.75, 3.05) is 25.0 Å². The smallest absolute Gasteiger partial charge is 0.317 e. The van der Waals surface area contributed by atoms with E-state index in [0.29, 0.717) is 6.54 Å². The van der Waals surface area contributed by atoms with Gasteiger partial charge in [-0.1, -0.05) is 36.4 Å². The third-order valence-corrected chi connectivity index (χ3v) is 6.11. The van der Waals surface area contributed by atoms with Gasteiger partial charge >= 0.3 is 12.2 Å². The summed E-state index contributed by atoms with van der Waals surface area (Å²) in [6.45, 7) is 3.47. The second-order valence-electron chi connectivity index (χ2n) is 8.60. The molecule has 0 spiro atoms. The molecule has 1 saturated carbocycles. The van der Waals surface area contributed by atoms with Crippen molar-refractivity contribution in [3.8, 4) is 0 Å². The molecule has 1 heterocycles. The molecule has 4 rings (SSSR count). The van der Waals surface area contributed by atoms with Crippen molar-refractivity contribution in [3.05, 3.63) is 65.7 Å². The van der Waals surface area contributed by atoms with E-state index in [4.69, 9.17) is 0 Å². The van der Waals surface area contributed by atoms with E-state index in [0.717, 1.165) is 56.1 Å². The first kappa shape index (κ1) is 21.7. The van der Waals surface area contributed by atoms with E-state index in [9.17, 15) is 18.0 Å². The van der Waals surface area contributed by atoms with Crippen molar-refractivity contribution >= 4 is 11.7 Å². The molecular weight excluding hydrogens is 403 g/mol. The third kappa shape index (κ3) is 6.00. The van der Waals surface area contributed by atoms with Crippen molar-refractivity contribution in [2.45, 2.75) is 44.4 Å². The highest BCUT2D eigenvalue weighted by atomic mass is 19.4. The highest BCUT2D eigenvalue weighted by Gasteiger charge is 2.32. The quantitative estimate of drug-likeness (QED) is 0.645. The second-order valence-corrected chi connectivity index (χ2v) is 8.60. The minimum absolute atomic E-state index is 0.0569. The molecule has 2 fully saturated rings. The summed E-state index contributed by atoms with van der Waals surface area (Å²) in [6.07, 6.45) is -0.0666. The van der Waals surface area contributed by atoms with Gasteiger partial charge in [-0.2, -0.15) is 13.2 Å². The predicted molar refractivity (Wildman–Crippen MR) is 115 cm³/mol. The van der Waals surface area contributed by atoms with Crippen molar-refractivity contribution < 1.29 is 18.0 Å². The Morgan fingerprint density at radius 1 is 1.00 bits per heavy atom. The molecule has 1 N–H and O–H groups in total. The largest absolute Gasteiger partial charge is 0.416 e. The van der Waals surface area contributed by atoms with Crippen LogP contribution in [0.25, 0.3) is 0 Å². The van der Waals surface area contributed by atoms with Crippen LogP contribution in [0.3, 0.4) is 0 Å². The normalized spacial score (nSPS) is 18.0. The molecule has 1 aliphatic carbocycles. The Labute approximate surface area is 181 Å². The summed E-state index contributed by atoms with van der Waals surface area (Å²) in [5.41, 5.74) is 0.388. The van der Waals surface area contributed by atoms with Crippen LogP contribution >= 0.6 is 0 Å². The molecule has 0 radical (unpaired) electrons. The van der Waals surface area contributed by atoms with Gasteiger partial charge in [0.1, 0.15) is 0 Å². The molecular formula is C24H28F3N3O. The molecule has 1 aliphatic heterocycles. The van der Waals surface area contributed by atoms with Crippen LogP contribution < -0.4 is 5.32 Å². The molecule has 2 aromatic carbocycles. The highest BCUT2D eigenvalue weighted by Crippen LogP contribution is 2.32. The first-order chi connectivity index (χ1) is 14.9. The zero-order valence-electron chi connectivity index (χ0n) is 17.4. The first-order valence-electron chi connectivity index (χ1n) is 10.9. The topological polar surface area (TPSA) is 35.6 Å². The molecule has 0 atom stereocenters. The maximum absolute atomic E-state index is 13.2. The van der Waals surface area contributed by atoms with Crippen LogP contribution in [-0.2, 0) is 12.7 Å². The van der Waals surface area contributed by atoms with E-state index in [1.807, 2.05) is 30.3 Å². The maximum Gasteiger partial charge on any atom is 0.416 e. The van der Waals surface area contributed by atoms with Gasteiger partial charge in [-0.15, -0.1) is 0 Å². The summed E-state index contributed by atoms with van der Waals surface area (Å²) in [5, 5.41) is 2.70. The monoisotopic (exact) mass is 431 g/mol. The van der Waals surface area contributed by atoms with Crippen molar-refractivity contribution in [3.63, 3.8) is 0 Å². The molecule has 2 aromatic rings. The summed E-state index contributed by atoms with van der Waals surface area (Å²) in [6, 6.07) is 14.2.